The van der Waals surface area contributed by atoms with E-state index in [0.717, 1.165) is 54.5 Å². The van der Waals surface area contributed by atoms with E-state index in [1.54, 1.807) is 24.1 Å². The van der Waals surface area contributed by atoms with Gasteiger partial charge in [-0.25, -0.2) is 4.98 Å². The lowest BCUT2D eigenvalue weighted by atomic mass is 9.94. The van der Waals surface area contributed by atoms with Crippen LogP contribution in [-0.2, 0) is 16.7 Å². The Bertz CT molecular complexity index is 1100. The zero-order valence-electron chi connectivity index (χ0n) is 19.3. The molecule has 0 bridgehead atoms. The van der Waals surface area contributed by atoms with Gasteiger partial charge in [0.1, 0.15) is 5.82 Å². The lowest BCUT2D eigenvalue weighted by Crippen LogP contribution is -2.25. The maximum absolute atomic E-state index is 11.3. The van der Waals surface area contributed by atoms with Crippen molar-refractivity contribution in [3.8, 4) is 0 Å². The molecule has 1 aliphatic rings. The summed E-state index contributed by atoms with van der Waals surface area (Å²) in [5.74, 6) is 1.35. The summed E-state index contributed by atoms with van der Waals surface area (Å²) < 4.78 is 10.1. The number of anilines is 1. The molecule has 32 heavy (non-hydrogen) atoms. The number of imidazole rings is 1. The number of carbonyl (C=O) groups is 1. The molecule has 0 saturated carbocycles. The van der Waals surface area contributed by atoms with Crippen molar-refractivity contribution in [3.05, 3.63) is 53.9 Å². The molecule has 3 aromatic rings. The number of benzene rings is 2. The van der Waals surface area contributed by atoms with E-state index >= 15 is 0 Å². The molecule has 1 aliphatic heterocycles. The fourth-order valence-corrected chi connectivity index (χ4v) is 4.94. The van der Waals surface area contributed by atoms with Gasteiger partial charge in [0, 0.05) is 48.4 Å². The molecule has 4 rings (SSSR count). The van der Waals surface area contributed by atoms with E-state index in [-0.39, 0.29) is 5.41 Å². The second-order valence-electron chi connectivity index (χ2n) is 9.50. The predicted molar refractivity (Wildman–Crippen MR) is 131 cm³/mol. The van der Waals surface area contributed by atoms with Gasteiger partial charge in [0.15, 0.2) is 0 Å². The van der Waals surface area contributed by atoms with E-state index in [9.17, 15) is 4.79 Å². The number of hydrogen-bond donors (Lipinski definition) is 1. The topological polar surface area (TPSA) is 73.4 Å². The number of ether oxygens (including phenoxy) is 1. The number of aromatic nitrogens is 2. The van der Waals surface area contributed by atoms with Crippen LogP contribution >= 0.6 is 11.9 Å². The number of fused-ring (bicyclic) bond motifs is 1. The molecule has 1 amide bonds. The van der Waals surface area contributed by atoms with Crippen molar-refractivity contribution in [2.75, 3.05) is 24.6 Å². The van der Waals surface area contributed by atoms with Crippen molar-refractivity contribution in [1.82, 2.24) is 9.55 Å². The van der Waals surface area contributed by atoms with Crippen LogP contribution in [0, 0.1) is 5.92 Å². The van der Waals surface area contributed by atoms with Gasteiger partial charge in [-0.2, -0.15) is 0 Å². The number of carbonyl (C=O) groups excluding carboxylic acids is 1. The normalized spacial score (nSPS) is 15.2. The highest BCUT2D eigenvalue weighted by molar-refractivity contribution is 8.00. The quantitative estimate of drug-likeness (QED) is 0.533. The fourth-order valence-electron chi connectivity index (χ4n) is 4.15. The molecule has 0 spiro atoms. The van der Waals surface area contributed by atoms with Crippen LogP contribution in [0.25, 0.3) is 11.0 Å². The molecule has 1 aromatic heterocycles. The molecule has 2 N–H and O–H groups in total. The molecule has 1 saturated heterocycles. The van der Waals surface area contributed by atoms with Crippen LogP contribution in [-0.4, -0.2) is 35.7 Å². The van der Waals surface area contributed by atoms with Crippen molar-refractivity contribution >= 4 is 34.6 Å². The Morgan fingerprint density at radius 2 is 1.88 bits per heavy atom. The van der Waals surface area contributed by atoms with Gasteiger partial charge in [0.25, 0.3) is 0 Å². The first-order chi connectivity index (χ1) is 15.2. The molecule has 2 heterocycles. The van der Waals surface area contributed by atoms with Crippen molar-refractivity contribution < 1.29 is 9.53 Å². The minimum Gasteiger partial charge on any atom is -0.381 e. The van der Waals surface area contributed by atoms with Crippen LogP contribution in [0.4, 0.5) is 5.69 Å². The molecule has 6 nitrogen and oxygen atoms in total. The van der Waals surface area contributed by atoms with Crippen molar-refractivity contribution in [3.63, 3.8) is 0 Å². The van der Waals surface area contributed by atoms with Crippen LogP contribution in [0.5, 0.6) is 0 Å². The van der Waals surface area contributed by atoms with Gasteiger partial charge in [0.05, 0.1) is 11.0 Å². The van der Waals surface area contributed by atoms with Gasteiger partial charge in [-0.1, -0.05) is 20.8 Å². The maximum Gasteiger partial charge on any atom is 0.248 e. The Morgan fingerprint density at radius 3 is 2.50 bits per heavy atom. The highest BCUT2D eigenvalue weighted by Crippen LogP contribution is 2.33. The zero-order valence-corrected chi connectivity index (χ0v) is 20.1. The van der Waals surface area contributed by atoms with Gasteiger partial charge < -0.3 is 19.3 Å². The summed E-state index contributed by atoms with van der Waals surface area (Å²) in [7, 11) is 2.04. The fraction of sp³-hybridized carbons (Fsp3) is 0.440. The summed E-state index contributed by atoms with van der Waals surface area (Å²) in [5.41, 5.74) is 9.12. The summed E-state index contributed by atoms with van der Waals surface area (Å²) in [6, 6.07) is 13.9. The average molecular weight is 453 g/mol. The predicted octanol–water partition coefficient (Wildman–Crippen LogP) is 5.00. The SMILES string of the molecule is CN(Sc1ccc(C(N)=O)cc1)c1ccc2c(c1)nc(C(C)(C)C)n2CC1CCOCC1. The van der Waals surface area contributed by atoms with Crippen LogP contribution in [0.3, 0.4) is 0 Å². The third-order valence-corrected chi connectivity index (χ3v) is 6.90. The van der Waals surface area contributed by atoms with Gasteiger partial charge >= 0.3 is 0 Å². The highest BCUT2D eigenvalue weighted by Gasteiger charge is 2.25. The molecule has 2 aromatic carbocycles. The van der Waals surface area contributed by atoms with Gasteiger partial charge in [-0.15, -0.1) is 0 Å². The molecular formula is C25H32N4O2S. The smallest absolute Gasteiger partial charge is 0.248 e. The Kier molecular flexibility index (Phi) is 6.49. The number of nitrogens with two attached hydrogens (primary N) is 1. The lowest BCUT2D eigenvalue weighted by Gasteiger charge is -2.26. The van der Waals surface area contributed by atoms with Crippen molar-refractivity contribution in [2.24, 2.45) is 11.7 Å². The number of amides is 1. The van der Waals surface area contributed by atoms with E-state index in [4.69, 9.17) is 15.5 Å². The number of nitrogens with zero attached hydrogens (tertiary/aromatic N) is 3. The largest absolute Gasteiger partial charge is 0.381 e. The molecule has 1 fully saturated rings. The van der Waals surface area contributed by atoms with Crippen molar-refractivity contribution in [2.45, 2.75) is 50.5 Å². The Morgan fingerprint density at radius 1 is 1.19 bits per heavy atom. The number of primary amides is 1. The second-order valence-corrected chi connectivity index (χ2v) is 10.7. The van der Waals surface area contributed by atoms with Crippen LogP contribution < -0.4 is 10.0 Å². The first-order valence-corrected chi connectivity index (χ1v) is 11.9. The van der Waals surface area contributed by atoms with Gasteiger partial charge in [0.2, 0.25) is 5.91 Å². The van der Waals surface area contributed by atoms with Gasteiger partial charge in [-0.3, -0.25) is 4.79 Å². The van der Waals surface area contributed by atoms with E-state index < -0.39 is 5.91 Å². The van der Waals surface area contributed by atoms with Crippen LogP contribution in [0.1, 0.15) is 49.8 Å². The molecule has 170 valence electrons. The monoisotopic (exact) mass is 452 g/mol. The van der Waals surface area contributed by atoms with E-state index in [1.165, 1.54) is 5.52 Å². The molecule has 0 aliphatic carbocycles. The van der Waals surface area contributed by atoms with Crippen LogP contribution in [0.2, 0.25) is 0 Å². The van der Waals surface area contributed by atoms with Gasteiger partial charge in [-0.05, 0) is 73.2 Å². The molecule has 0 unspecified atom stereocenters. The van der Waals surface area contributed by atoms with E-state index in [0.29, 0.717) is 11.5 Å². The summed E-state index contributed by atoms with van der Waals surface area (Å²) in [4.78, 5) is 17.4. The summed E-state index contributed by atoms with van der Waals surface area (Å²) in [5, 5.41) is 0. The van der Waals surface area contributed by atoms with E-state index in [1.807, 2.05) is 19.2 Å². The van der Waals surface area contributed by atoms with Crippen molar-refractivity contribution in [1.29, 1.82) is 0 Å². The Hall–Kier alpha value is -2.51. The maximum atomic E-state index is 11.3. The number of rotatable bonds is 6. The third kappa shape index (κ3) is 4.94. The standard InChI is InChI=1S/C25H32N4O2S/c1-25(2,3)24-27-21-15-19(28(4)32-20-8-5-18(6-9-20)23(26)30)7-10-22(21)29(24)16-17-11-13-31-14-12-17/h5-10,15,17H,11-14,16H2,1-4H3,(H2,26,30). The average Bonchev–Trinajstić information content (AvgIpc) is 3.13. The first-order valence-electron chi connectivity index (χ1n) is 11.1. The third-order valence-electron chi connectivity index (χ3n) is 5.93. The number of hydrogen-bond acceptors (Lipinski definition) is 5. The minimum atomic E-state index is -0.411. The summed E-state index contributed by atoms with van der Waals surface area (Å²) in [6.45, 7) is 9.39. The minimum absolute atomic E-state index is 0.0345. The second kappa shape index (κ2) is 9.16. The first kappa shape index (κ1) is 22.7. The lowest BCUT2D eigenvalue weighted by molar-refractivity contribution is 0.0611. The zero-order chi connectivity index (χ0) is 22.9. The highest BCUT2D eigenvalue weighted by atomic mass is 32.2. The molecule has 0 radical (unpaired) electrons. The summed E-state index contributed by atoms with van der Waals surface area (Å²) >= 11 is 1.60. The van der Waals surface area contributed by atoms with Crippen LogP contribution in [0.15, 0.2) is 47.4 Å². The molecular weight excluding hydrogens is 420 g/mol. The Balaban J connectivity index is 1.60. The Labute approximate surface area is 194 Å². The summed E-state index contributed by atoms with van der Waals surface area (Å²) in [6.07, 6.45) is 2.21. The molecule has 0 atom stereocenters. The van der Waals surface area contributed by atoms with E-state index in [2.05, 4.69) is 47.8 Å². The molecule has 7 heteroatoms.